The molecule has 0 radical (unpaired) electrons. The third-order valence-electron chi connectivity index (χ3n) is 5.08. The first-order chi connectivity index (χ1) is 14.5. The molecule has 2 aromatic rings. The molecule has 0 unspecified atom stereocenters. The van der Waals surface area contributed by atoms with Crippen LogP contribution in [0.4, 0.5) is 5.69 Å². The number of nitrogens with one attached hydrogen (secondary N) is 1. The van der Waals surface area contributed by atoms with Gasteiger partial charge in [0.2, 0.25) is 5.91 Å². The molecule has 1 N–H and O–H groups in total. The summed E-state index contributed by atoms with van der Waals surface area (Å²) in [5.74, 6) is 0.505. The summed E-state index contributed by atoms with van der Waals surface area (Å²) in [5, 5.41) is 14.8. The number of carbonyl (C=O) groups excluding carboxylic acids is 1. The lowest BCUT2D eigenvalue weighted by Gasteiger charge is -2.30. The third-order valence-corrected chi connectivity index (χ3v) is 5.58. The van der Waals surface area contributed by atoms with E-state index in [1.807, 2.05) is 18.2 Å². The van der Waals surface area contributed by atoms with E-state index < -0.39 is 4.92 Å². The fraction of sp³-hybridized carbons (Fsp3) is 0.333. The van der Waals surface area contributed by atoms with Crippen LogP contribution < -0.4 is 10.2 Å². The lowest BCUT2D eigenvalue weighted by molar-refractivity contribution is -0.384. The highest BCUT2D eigenvalue weighted by Crippen LogP contribution is 2.22. The lowest BCUT2D eigenvalue weighted by atomic mass is 9.96. The predicted molar refractivity (Wildman–Crippen MR) is 118 cm³/mol. The number of hydrogen-bond donors (Lipinski definition) is 1. The topological polar surface area (TPSA) is 97.1 Å². The van der Waals surface area contributed by atoms with Crippen molar-refractivity contribution in [2.45, 2.75) is 19.4 Å². The first kappa shape index (κ1) is 21.9. The van der Waals surface area contributed by atoms with Gasteiger partial charge >= 0.3 is 0 Å². The largest absolute Gasteiger partial charge is 0.496 e. The van der Waals surface area contributed by atoms with E-state index in [2.05, 4.69) is 31.4 Å². The number of likely N-dealkylation sites (tertiary alicyclic amines) is 1. The van der Waals surface area contributed by atoms with Crippen LogP contribution in [0.2, 0.25) is 0 Å². The Morgan fingerprint density at radius 2 is 2.00 bits per heavy atom. The summed E-state index contributed by atoms with van der Waals surface area (Å²) in [5.41, 5.74) is 4.52. The highest BCUT2D eigenvalue weighted by molar-refractivity contribution is 9.10. The number of carbonyl (C=O) groups is 1. The maximum absolute atomic E-state index is 12.4. The van der Waals surface area contributed by atoms with Crippen LogP contribution >= 0.6 is 15.9 Å². The van der Waals surface area contributed by atoms with Crippen LogP contribution in [-0.4, -0.2) is 42.1 Å². The Kier molecular flexibility index (Phi) is 7.53. The number of halogens is 1. The fourth-order valence-electron chi connectivity index (χ4n) is 3.40. The van der Waals surface area contributed by atoms with Gasteiger partial charge in [-0.05, 0) is 49.7 Å². The molecule has 158 valence electrons. The van der Waals surface area contributed by atoms with Gasteiger partial charge in [0.15, 0.2) is 0 Å². The van der Waals surface area contributed by atoms with Crippen molar-refractivity contribution in [3.8, 4) is 5.75 Å². The number of hydrazone groups is 1. The summed E-state index contributed by atoms with van der Waals surface area (Å²) in [6.45, 7) is 2.30. The number of benzene rings is 2. The molecular weight excluding hydrogens is 452 g/mol. The van der Waals surface area contributed by atoms with Gasteiger partial charge in [0, 0.05) is 34.6 Å². The standard InChI is InChI=1S/C21H23BrN4O4/c1-30-20-7-4-18(22)12-17(20)13-23-24-21(27)16-8-10-25(11-9-16)14-15-2-5-19(6-3-15)26(28)29/h2-7,12-13,16H,8-11,14H2,1H3,(H,24,27)/b23-13-. The zero-order chi connectivity index (χ0) is 21.5. The van der Waals surface area contributed by atoms with E-state index in [1.54, 1.807) is 25.5 Å². The second kappa shape index (κ2) is 10.3. The van der Waals surface area contributed by atoms with E-state index in [1.165, 1.54) is 12.1 Å². The second-order valence-corrected chi connectivity index (χ2v) is 8.01. The number of nitro groups is 1. The molecule has 1 fully saturated rings. The molecule has 1 amide bonds. The Labute approximate surface area is 183 Å². The molecule has 0 saturated carbocycles. The highest BCUT2D eigenvalue weighted by atomic mass is 79.9. The monoisotopic (exact) mass is 474 g/mol. The summed E-state index contributed by atoms with van der Waals surface area (Å²) < 4.78 is 6.19. The first-order valence-electron chi connectivity index (χ1n) is 9.58. The number of non-ortho nitro benzene ring substituents is 1. The van der Waals surface area contributed by atoms with Crippen molar-refractivity contribution in [1.29, 1.82) is 0 Å². The van der Waals surface area contributed by atoms with Crippen LogP contribution in [0.3, 0.4) is 0 Å². The van der Waals surface area contributed by atoms with Gasteiger partial charge in [-0.3, -0.25) is 19.8 Å². The lowest BCUT2D eigenvalue weighted by Crippen LogP contribution is -2.39. The molecule has 0 atom stereocenters. The number of rotatable bonds is 7. The van der Waals surface area contributed by atoms with Crippen LogP contribution in [0.15, 0.2) is 52.0 Å². The summed E-state index contributed by atoms with van der Waals surface area (Å²) in [6, 6.07) is 12.2. The molecule has 0 aromatic heterocycles. The normalized spacial score (nSPS) is 15.3. The van der Waals surface area contributed by atoms with E-state index in [0.29, 0.717) is 12.3 Å². The van der Waals surface area contributed by atoms with Gasteiger partial charge < -0.3 is 4.74 Å². The third kappa shape index (κ3) is 5.87. The first-order valence-corrected chi connectivity index (χ1v) is 10.4. The Bertz CT molecular complexity index is 925. The molecule has 1 saturated heterocycles. The number of hydrogen-bond acceptors (Lipinski definition) is 6. The number of ether oxygens (including phenoxy) is 1. The molecule has 1 aliphatic rings. The molecule has 8 nitrogen and oxygen atoms in total. The van der Waals surface area contributed by atoms with Crippen molar-refractivity contribution in [2.75, 3.05) is 20.2 Å². The molecule has 0 spiro atoms. The number of piperidine rings is 1. The van der Waals surface area contributed by atoms with Crippen molar-refractivity contribution in [2.24, 2.45) is 11.0 Å². The molecule has 30 heavy (non-hydrogen) atoms. The molecule has 1 heterocycles. The van der Waals surface area contributed by atoms with Gasteiger partial charge in [-0.15, -0.1) is 0 Å². The molecule has 9 heteroatoms. The summed E-state index contributed by atoms with van der Waals surface area (Å²) in [7, 11) is 1.59. The van der Waals surface area contributed by atoms with Gasteiger partial charge in [-0.1, -0.05) is 28.1 Å². The molecule has 0 aliphatic carbocycles. The Morgan fingerprint density at radius 3 is 2.63 bits per heavy atom. The molecular formula is C21H23BrN4O4. The fourth-order valence-corrected chi connectivity index (χ4v) is 3.78. The second-order valence-electron chi connectivity index (χ2n) is 7.09. The molecule has 2 aromatic carbocycles. The van der Waals surface area contributed by atoms with E-state index in [0.717, 1.165) is 41.5 Å². The van der Waals surface area contributed by atoms with Gasteiger partial charge in [-0.2, -0.15) is 5.10 Å². The van der Waals surface area contributed by atoms with Gasteiger partial charge in [-0.25, -0.2) is 5.43 Å². The molecule has 1 aliphatic heterocycles. The van der Waals surface area contributed by atoms with Crippen LogP contribution in [0, 0.1) is 16.0 Å². The Hall–Kier alpha value is -2.78. The SMILES string of the molecule is COc1ccc(Br)cc1/C=N\NC(=O)C1CCN(Cc2ccc([N+](=O)[O-])cc2)CC1. The number of methoxy groups -OCH3 is 1. The molecule has 3 rings (SSSR count). The molecule has 0 bridgehead atoms. The van der Waals surface area contributed by atoms with E-state index >= 15 is 0 Å². The van der Waals surface area contributed by atoms with Crippen molar-refractivity contribution in [3.05, 3.63) is 68.2 Å². The van der Waals surface area contributed by atoms with Crippen molar-refractivity contribution in [3.63, 3.8) is 0 Å². The van der Waals surface area contributed by atoms with Crippen LogP contribution in [-0.2, 0) is 11.3 Å². The maximum Gasteiger partial charge on any atom is 0.269 e. The van der Waals surface area contributed by atoms with E-state index in [9.17, 15) is 14.9 Å². The van der Waals surface area contributed by atoms with Gasteiger partial charge in [0.05, 0.1) is 18.2 Å². The van der Waals surface area contributed by atoms with Crippen molar-refractivity contribution in [1.82, 2.24) is 10.3 Å². The zero-order valence-electron chi connectivity index (χ0n) is 16.6. The Morgan fingerprint density at radius 1 is 1.30 bits per heavy atom. The van der Waals surface area contributed by atoms with Gasteiger partial charge in [0.1, 0.15) is 5.75 Å². The summed E-state index contributed by atoms with van der Waals surface area (Å²) in [4.78, 5) is 25.0. The average Bonchev–Trinajstić information content (AvgIpc) is 2.75. The smallest absolute Gasteiger partial charge is 0.269 e. The van der Waals surface area contributed by atoms with Crippen LogP contribution in [0.1, 0.15) is 24.0 Å². The average molecular weight is 475 g/mol. The van der Waals surface area contributed by atoms with Crippen LogP contribution in [0.25, 0.3) is 0 Å². The Balaban J connectivity index is 1.47. The van der Waals surface area contributed by atoms with Crippen molar-refractivity contribution < 1.29 is 14.5 Å². The summed E-state index contributed by atoms with van der Waals surface area (Å²) in [6.07, 6.45) is 3.06. The maximum atomic E-state index is 12.4. The quantitative estimate of drug-likeness (QED) is 0.374. The van der Waals surface area contributed by atoms with E-state index in [-0.39, 0.29) is 17.5 Å². The number of nitro benzene ring substituents is 1. The van der Waals surface area contributed by atoms with E-state index in [4.69, 9.17) is 4.74 Å². The van der Waals surface area contributed by atoms with Gasteiger partial charge in [0.25, 0.3) is 5.69 Å². The number of amides is 1. The number of nitrogens with zero attached hydrogens (tertiary/aromatic N) is 3. The minimum absolute atomic E-state index is 0.0836. The predicted octanol–water partition coefficient (Wildman–Crippen LogP) is 3.73. The van der Waals surface area contributed by atoms with Crippen LogP contribution in [0.5, 0.6) is 5.75 Å². The highest BCUT2D eigenvalue weighted by Gasteiger charge is 2.24. The minimum Gasteiger partial charge on any atom is -0.496 e. The van der Waals surface area contributed by atoms with Crippen molar-refractivity contribution >= 4 is 33.7 Å². The minimum atomic E-state index is -0.400. The summed E-state index contributed by atoms with van der Waals surface area (Å²) >= 11 is 3.41. The zero-order valence-corrected chi connectivity index (χ0v) is 18.2.